The number of rotatable bonds is 8. The zero-order chi connectivity index (χ0) is 29.3. The van der Waals surface area contributed by atoms with E-state index in [1.165, 1.54) is 18.1 Å². The molecule has 0 saturated carbocycles. The van der Waals surface area contributed by atoms with Gasteiger partial charge >= 0.3 is 18.0 Å². The van der Waals surface area contributed by atoms with Gasteiger partial charge in [0.2, 0.25) is 0 Å². The number of amides is 1. The number of carbonyl (C=O) groups is 2. The van der Waals surface area contributed by atoms with Crippen molar-refractivity contribution in [3.05, 3.63) is 57.2 Å². The van der Waals surface area contributed by atoms with Gasteiger partial charge in [0.15, 0.2) is 18.0 Å². The summed E-state index contributed by atoms with van der Waals surface area (Å²) in [6.07, 6.45) is -1.85. The minimum atomic E-state index is -4.40. The molecule has 1 saturated heterocycles. The zero-order valence-corrected chi connectivity index (χ0v) is 22.7. The summed E-state index contributed by atoms with van der Waals surface area (Å²) in [4.78, 5) is 46.9. The van der Waals surface area contributed by atoms with E-state index in [9.17, 15) is 27.6 Å². The molecule has 3 aromatic heterocycles. The lowest BCUT2D eigenvalue weighted by Gasteiger charge is -2.32. The molecular weight excluding hydrogens is 567 g/mol. The molecule has 1 fully saturated rings. The summed E-state index contributed by atoms with van der Waals surface area (Å²) in [5.74, 6) is 0. The smallest absolute Gasteiger partial charge is 0.410 e. The fourth-order valence-corrected chi connectivity index (χ4v) is 5.62. The third-order valence-corrected chi connectivity index (χ3v) is 7.47. The van der Waals surface area contributed by atoms with E-state index in [4.69, 9.17) is 16.3 Å². The third-order valence-electron chi connectivity index (χ3n) is 7.17. The number of pyridine rings is 1. The first-order chi connectivity index (χ1) is 19.5. The van der Waals surface area contributed by atoms with Crippen molar-refractivity contribution in [1.82, 2.24) is 34.5 Å². The number of nitrogens with one attached hydrogen (secondary N) is 2. The van der Waals surface area contributed by atoms with Crippen LogP contribution in [-0.4, -0.2) is 85.9 Å². The minimum absolute atomic E-state index is 0.0839. The summed E-state index contributed by atoms with van der Waals surface area (Å²) >= 11 is 6.38. The standard InChI is InChI=1S/C26H27ClF3N7O4/c1-35(14-26(28,29)30)12-19-15(10-20(27)22-18(19)11-32-34-22)9-17(13-38)41-25(40)36-7-4-16(5-8-36)37-21-3-2-6-31-23(21)33-24(37)39/h2-3,6,10-11,13,16-17H,4-5,7-9,12,14H2,1H3,(H,32,34)(H,31,33,39)/t17-/m1/s1. The van der Waals surface area contributed by atoms with E-state index in [-0.39, 0.29) is 29.7 Å². The number of benzene rings is 1. The molecule has 0 radical (unpaired) electrons. The number of aldehydes is 1. The van der Waals surface area contributed by atoms with Gasteiger partial charge in [-0.05, 0) is 49.2 Å². The Balaban J connectivity index is 1.27. The largest absolute Gasteiger partial charge is 0.438 e. The van der Waals surface area contributed by atoms with Crippen LogP contribution in [0.25, 0.3) is 22.1 Å². The number of aromatic amines is 2. The van der Waals surface area contributed by atoms with Gasteiger partial charge in [0.25, 0.3) is 0 Å². The number of aromatic nitrogens is 5. The van der Waals surface area contributed by atoms with Crippen LogP contribution < -0.4 is 5.69 Å². The van der Waals surface area contributed by atoms with Crippen LogP contribution in [0.4, 0.5) is 18.0 Å². The van der Waals surface area contributed by atoms with E-state index in [0.29, 0.717) is 65.4 Å². The molecule has 4 aromatic rings. The molecule has 218 valence electrons. The molecule has 0 bridgehead atoms. The van der Waals surface area contributed by atoms with Crippen molar-refractivity contribution in [2.45, 2.75) is 44.1 Å². The molecule has 41 heavy (non-hydrogen) atoms. The summed E-state index contributed by atoms with van der Waals surface area (Å²) in [5.41, 5.74) is 2.32. The molecule has 0 aliphatic carbocycles. The highest BCUT2D eigenvalue weighted by molar-refractivity contribution is 6.35. The number of hydrogen-bond acceptors (Lipinski definition) is 7. The van der Waals surface area contributed by atoms with Crippen LogP contribution in [0.2, 0.25) is 5.02 Å². The monoisotopic (exact) mass is 593 g/mol. The lowest BCUT2D eigenvalue weighted by molar-refractivity contribution is -0.144. The van der Waals surface area contributed by atoms with Crippen molar-refractivity contribution >= 4 is 46.0 Å². The SMILES string of the molecule is CN(Cc1c(C[C@H](C=O)OC(=O)N2CCC(n3c(=O)[nH]c4ncccc43)CC2)cc(Cl)c2[nH]ncc12)CC(F)(F)F. The molecule has 2 N–H and O–H groups in total. The number of piperidine rings is 1. The Hall–Kier alpha value is -3.91. The van der Waals surface area contributed by atoms with Gasteiger partial charge in [0.1, 0.15) is 0 Å². The second kappa shape index (κ2) is 11.5. The molecule has 1 aromatic carbocycles. The van der Waals surface area contributed by atoms with E-state index in [1.54, 1.807) is 29.0 Å². The predicted molar refractivity (Wildman–Crippen MR) is 144 cm³/mol. The van der Waals surface area contributed by atoms with Gasteiger partial charge in [-0.2, -0.15) is 18.3 Å². The van der Waals surface area contributed by atoms with Crippen LogP contribution in [0.1, 0.15) is 30.0 Å². The van der Waals surface area contributed by atoms with Crippen molar-refractivity contribution in [2.75, 3.05) is 26.7 Å². The molecule has 1 atom stereocenters. The number of fused-ring (bicyclic) bond motifs is 2. The average molecular weight is 594 g/mol. The number of ether oxygens (including phenoxy) is 1. The molecule has 4 heterocycles. The first-order valence-electron chi connectivity index (χ1n) is 12.9. The summed E-state index contributed by atoms with van der Waals surface area (Å²) in [5, 5.41) is 7.49. The second-order valence-electron chi connectivity index (χ2n) is 10.1. The number of halogens is 4. The van der Waals surface area contributed by atoms with Gasteiger partial charge in [0.05, 0.1) is 28.8 Å². The number of hydrogen-bond donors (Lipinski definition) is 2. The van der Waals surface area contributed by atoms with E-state index in [1.807, 2.05) is 0 Å². The van der Waals surface area contributed by atoms with E-state index in [2.05, 4.69) is 20.2 Å². The first-order valence-corrected chi connectivity index (χ1v) is 13.3. The maximum Gasteiger partial charge on any atom is 0.410 e. The summed E-state index contributed by atoms with van der Waals surface area (Å²) in [6.45, 7) is -0.640. The Morgan fingerprint density at radius 3 is 2.80 bits per heavy atom. The molecule has 1 aliphatic rings. The molecule has 11 nitrogen and oxygen atoms in total. The number of carbonyl (C=O) groups excluding carboxylic acids is 2. The maximum absolute atomic E-state index is 13.0. The molecular formula is C26H27ClF3N7O4. The highest BCUT2D eigenvalue weighted by Gasteiger charge is 2.31. The van der Waals surface area contributed by atoms with Gasteiger partial charge in [-0.1, -0.05) is 11.6 Å². The number of H-pyrrole nitrogens is 2. The van der Waals surface area contributed by atoms with Crippen LogP contribution in [0.5, 0.6) is 0 Å². The zero-order valence-electron chi connectivity index (χ0n) is 21.9. The Labute approximate surface area is 236 Å². The van der Waals surface area contributed by atoms with E-state index < -0.39 is 24.9 Å². The molecule has 1 amide bonds. The average Bonchev–Trinajstić information content (AvgIpc) is 3.54. The van der Waals surface area contributed by atoms with Crippen molar-refractivity contribution in [3.8, 4) is 0 Å². The van der Waals surface area contributed by atoms with Gasteiger partial charge < -0.3 is 9.64 Å². The van der Waals surface area contributed by atoms with Crippen LogP contribution in [0.15, 0.2) is 35.4 Å². The quantitative estimate of drug-likeness (QED) is 0.297. The molecule has 1 aliphatic heterocycles. The van der Waals surface area contributed by atoms with Crippen LogP contribution in [-0.2, 0) is 22.5 Å². The topological polar surface area (TPSA) is 129 Å². The minimum Gasteiger partial charge on any atom is -0.438 e. The predicted octanol–water partition coefficient (Wildman–Crippen LogP) is 3.83. The Bertz CT molecular complexity index is 1620. The first kappa shape index (κ1) is 28.6. The number of alkyl halides is 3. The van der Waals surface area contributed by atoms with Gasteiger partial charge in [-0.15, -0.1) is 0 Å². The van der Waals surface area contributed by atoms with Gasteiger partial charge in [-0.3, -0.25) is 24.3 Å². The third kappa shape index (κ3) is 6.22. The van der Waals surface area contributed by atoms with Crippen LogP contribution >= 0.6 is 11.6 Å². The second-order valence-corrected chi connectivity index (χ2v) is 10.5. The normalized spacial score (nSPS) is 15.6. The Kier molecular flexibility index (Phi) is 8.04. The highest BCUT2D eigenvalue weighted by atomic mass is 35.5. The highest BCUT2D eigenvalue weighted by Crippen LogP contribution is 2.31. The number of imidazole rings is 1. The lowest BCUT2D eigenvalue weighted by Crippen LogP contribution is -2.42. The number of likely N-dealkylation sites (tertiary alicyclic amines) is 1. The van der Waals surface area contributed by atoms with Crippen molar-refractivity contribution < 1.29 is 27.5 Å². The van der Waals surface area contributed by atoms with Crippen molar-refractivity contribution in [3.63, 3.8) is 0 Å². The molecule has 0 spiro atoms. The molecule has 15 heteroatoms. The molecule has 0 unspecified atom stereocenters. The fourth-order valence-electron chi connectivity index (χ4n) is 5.35. The number of nitrogens with zero attached hydrogens (tertiary/aromatic N) is 5. The summed E-state index contributed by atoms with van der Waals surface area (Å²) in [7, 11) is 1.33. The summed E-state index contributed by atoms with van der Waals surface area (Å²) < 4.78 is 46.1. The Morgan fingerprint density at radius 1 is 1.34 bits per heavy atom. The lowest BCUT2D eigenvalue weighted by atomic mass is 9.98. The van der Waals surface area contributed by atoms with Crippen molar-refractivity contribution in [2.24, 2.45) is 0 Å². The van der Waals surface area contributed by atoms with Crippen LogP contribution in [0.3, 0.4) is 0 Å². The van der Waals surface area contributed by atoms with E-state index in [0.717, 1.165) is 4.90 Å². The Morgan fingerprint density at radius 2 is 2.10 bits per heavy atom. The van der Waals surface area contributed by atoms with Gasteiger partial charge in [-0.25, -0.2) is 14.6 Å². The van der Waals surface area contributed by atoms with E-state index >= 15 is 0 Å². The molecule has 5 rings (SSSR count). The van der Waals surface area contributed by atoms with Crippen molar-refractivity contribution in [1.29, 1.82) is 0 Å². The van der Waals surface area contributed by atoms with Crippen LogP contribution in [0, 0.1) is 0 Å². The maximum atomic E-state index is 13.0. The van der Waals surface area contributed by atoms with Gasteiger partial charge in [0, 0.05) is 43.7 Å². The summed E-state index contributed by atoms with van der Waals surface area (Å²) in [6, 6.07) is 4.95. The fraction of sp³-hybridized carbons (Fsp3) is 0.423.